The molecule has 184 valence electrons. The lowest BCUT2D eigenvalue weighted by atomic mass is 9.81. The van der Waals surface area contributed by atoms with Gasteiger partial charge in [0.25, 0.3) is 0 Å². The van der Waals surface area contributed by atoms with E-state index in [-0.39, 0.29) is 31.6 Å². The molecule has 3 atom stereocenters. The lowest BCUT2D eigenvalue weighted by molar-refractivity contribution is -0.150. The highest BCUT2D eigenvalue weighted by molar-refractivity contribution is 5.81. The molecule has 0 fully saturated rings. The second-order valence-corrected chi connectivity index (χ2v) is 7.82. The molecule has 0 spiro atoms. The summed E-state index contributed by atoms with van der Waals surface area (Å²) in [5.74, 6) is -0.127. The van der Waals surface area contributed by atoms with Gasteiger partial charge in [0.1, 0.15) is 0 Å². The third kappa shape index (κ3) is 4.76. The molecule has 2 aromatic carbocycles. The van der Waals surface area contributed by atoms with E-state index in [2.05, 4.69) is 0 Å². The molecule has 0 aliphatic heterocycles. The van der Waals surface area contributed by atoms with Gasteiger partial charge in [-0.1, -0.05) is 6.07 Å². The molecule has 2 aromatic rings. The highest BCUT2D eigenvalue weighted by Crippen LogP contribution is 2.55. The van der Waals surface area contributed by atoms with Gasteiger partial charge in [0.2, 0.25) is 0 Å². The fourth-order valence-electron chi connectivity index (χ4n) is 4.73. The molecule has 0 saturated heterocycles. The number of methoxy groups -OCH3 is 4. The number of rotatable bonds is 10. The number of ether oxygens (including phenoxy) is 6. The predicted octanol–water partition coefficient (Wildman–Crippen LogP) is 4.08. The van der Waals surface area contributed by atoms with Crippen molar-refractivity contribution in [1.82, 2.24) is 0 Å². The minimum Gasteiger partial charge on any atom is -0.493 e. The Morgan fingerprint density at radius 3 is 1.85 bits per heavy atom. The third-order valence-electron chi connectivity index (χ3n) is 6.13. The van der Waals surface area contributed by atoms with Gasteiger partial charge >= 0.3 is 11.9 Å². The Balaban J connectivity index is 2.24. The van der Waals surface area contributed by atoms with Crippen LogP contribution in [0.5, 0.6) is 23.0 Å². The fraction of sp³-hybridized carbons (Fsp3) is 0.462. The third-order valence-corrected chi connectivity index (χ3v) is 6.13. The summed E-state index contributed by atoms with van der Waals surface area (Å²) in [6.07, 6.45) is 0.0313. The zero-order valence-electron chi connectivity index (χ0n) is 20.5. The van der Waals surface area contributed by atoms with E-state index in [9.17, 15) is 9.59 Å². The quantitative estimate of drug-likeness (QED) is 0.478. The Hall–Kier alpha value is -3.42. The molecule has 1 aliphatic carbocycles. The van der Waals surface area contributed by atoms with Gasteiger partial charge in [-0.15, -0.1) is 0 Å². The summed E-state index contributed by atoms with van der Waals surface area (Å²) in [6.45, 7) is 4.00. The Bertz CT molecular complexity index is 1030. The van der Waals surface area contributed by atoms with Crippen LogP contribution in [0.25, 0.3) is 0 Å². The van der Waals surface area contributed by atoms with Gasteiger partial charge in [0, 0.05) is 11.8 Å². The van der Waals surface area contributed by atoms with E-state index < -0.39 is 17.8 Å². The minimum atomic E-state index is -0.658. The topological polar surface area (TPSA) is 89.5 Å². The summed E-state index contributed by atoms with van der Waals surface area (Å²) in [4.78, 5) is 25.9. The van der Waals surface area contributed by atoms with Crippen LogP contribution < -0.4 is 18.9 Å². The van der Waals surface area contributed by atoms with Crippen LogP contribution in [0.3, 0.4) is 0 Å². The van der Waals surface area contributed by atoms with Gasteiger partial charge in [-0.2, -0.15) is 0 Å². The summed E-state index contributed by atoms with van der Waals surface area (Å²) < 4.78 is 32.7. The van der Waals surface area contributed by atoms with Gasteiger partial charge in [-0.3, -0.25) is 9.59 Å². The Kier molecular flexibility index (Phi) is 8.26. The largest absolute Gasteiger partial charge is 0.493 e. The first-order chi connectivity index (χ1) is 16.4. The van der Waals surface area contributed by atoms with Crippen molar-refractivity contribution < 1.29 is 38.0 Å². The molecule has 8 heteroatoms. The molecule has 0 amide bonds. The Labute approximate surface area is 200 Å². The van der Waals surface area contributed by atoms with Crippen LogP contribution in [-0.2, 0) is 19.1 Å². The summed E-state index contributed by atoms with van der Waals surface area (Å²) in [7, 11) is 6.23. The van der Waals surface area contributed by atoms with E-state index in [4.69, 9.17) is 28.4 Å². The molecule has 3 unspecified atom stereocenters. The average molecular weight is 473 g/mol. The first-order valence-corrected chi connectivity index (χ1v) is 11.2. The molecule has 34 heavy (non-hydrogen) atoms. The van der Waals surface area contributed by atoms with Gasteiger partial charge < -0.3 is 28.4 Å². The summed E-state index contributed by atoms with van der Waals surface area (Å²) in [6, 6.07) is 9.25. The second kappa shape index (κ2) is 11.1. The lowest BCUT2D eigenvalue weighted by Gasteiger charge is -2.24. The molecule has 0 bridgehead atoms. The van der Waals surface area contributed by atoms with Gasteiger partial charge in [0.15, 0.2) is 23.0 Å². The van der Waals surface area contributed by atoms with E-state index in [0.717, 1.165) is 16.7 Å². The predicted molar refractivity (Wildman–Crippen MR) is 125 cm³/mol. The van der Waals surface area contributed by atoms with Crippen molar-refractivity contribution >= 4 is 11.9 Å². The number of carbonyl (C=O) groups excluding carboxylic acids is 2. The molecular weight excluding hydrogens is 440 g/mol. The maximum Gasteiger partial charge on any atom is 0.310 e. The standard InChI is InChI=1S/C26H32O8/c1-7-33-23(27)14-18-16-12-21(31-5)22(32-6)13-17(16)24(25(18)26(28)34-8-2)15-9-10-19(29-3)20(11-15)30-4/h9-13,18,24-25H,7-8,14H2,1-6H3. The highest BCUT2D eigenvalue weighted by Gasteiger charge is 2.48. The average Bonchev–Trinajstić information content (AvgIpc) is 3.15. The van der Waals surface area contributed by atoms with E-state index in [1.807, 2.05) is 24.3 Å². The zero-order valence-corrected chi connectivity index (χ0v) is 20.5. The van der Waals surface area contributed by atoms with Crippen LogP contribution in [0.15, 0.2) is 30.3 Å². The van der Waals surface area contributed by atoms with Crippen LogP contribution in [0, 0.1) is 5.92 Å². The number of carbonyl (C=O) groups is 2. The smallest absolute Gasteiger partial charge is 0.310 e. The van der Waals surface area contributed by atoms with Crippen molar-refractivity contribution in [3.63, 3.8) is 0 Å². The lowest BCUT2D eigenvalue weighted by Crippen LogP contribution is -2.27. The van der Waals surface area contributed by atoms with Crippen LogP contribution in [0.4, 0.5) is 0 Å². The molecule has 0 aromatic heterocycles. The van der Waals surface area contributed by atoms with Gasteiger partial charge in [0.05, 0.1) is 54.0 Å². The molecule has 1 aliphatic rings. The van der Waals surface area contributed by atoms with Crippen LogP contribution in [-0.4, -0.2) is 53.6 Å². The number of hydrogen-bond acceptors (Lipinski definition) is 8. The van der Waals surface area contributed by atoms with Crippen molar-refractivity contribution in [2.24, 2.45) is 5.92 Å². The summed E-state index contributed by atoms with van der Waals surface area (Å²) in [5.41, 5.74) is 2.51. The van der Waals surface area contributed by atoms with Crippen molar-refractivity contribution in [3.05, 3.63) is 47.0 Å². The zero-order chi connectivity index (χ0) is 24.8. The molecule has 0 N–H and O–H groups in total. The number of hydrogen-bond donors (Lipinski definition) is 0. The van der Waals surface area contributed by atoms with E-state index in [0.29, 0.717) is 23.0 Å². The molecule has 0 radical (unpaired) electrons. The number of benzene rings is 2. The molecule has 0 heterocycles. The molecule has 3 rings (SSSR count). The Morgan fingerprint density at radius 1 is 0.735 bits per heavy atom. The summed E-state index contributed by atoms with van der Waals surface area (Å²) >= 11 is 0. The van der Waals surface area contributed by atoms with E-state index >= 15 is 0 Å². The first kappa shape index (κ1) is 25.2. The SMILES string of the molecule is CCOC(=O)CC1c2cc(OC)c(OC)cc2C(c2ccc(OC)c(OC)c2)C1C(=O)OCC. The Morgan fingerprint density at radius 2 is 1.29 bits per heavy atom. The monoisotopic (exact) mass is 472 g/mol. The van der Waals surface area contributed by atoms with E-state index in [1.54, 1.807) is 48.4 Å². The molecular formula is C26H32O8. The highest BCUT2D eigenvalue weighted by atomic mass is 16.5. The molecule has 0 saturated carbocycles. The van der Waals surface area contributed by atoms with Crippen LogP contribution >= 0.6 is 0 Å². The van der Waals surface area contributed by atoms with Gasteiger partial charge in [-0.25, -0.2) is 0 Å². The van der Waals surface area contributed by atoms with E-state index in [1.165, 1.54) is 0 Å². The fourth-order valence-corrected chi connectivity index (χ4v) is 4.73. The maximum atomic E-state index is 13.3. The van der Waals surface area contributed by atoms with Crippen molar-refractivity contribution in [2.45, 2.75) is 32.1 Å². The summed E-state index contributed by atoms with van der Waals surface area (Å²) in [5, 5.41) is 0. The van der Waals surface area contributed by atoms with Crippen LogP contribution in [0.1, 0.15) is 48.8 Å². The van der Waals surface area contributed by atoms with Crippen molar-refractivity contribution in [3.8, 4) is 23.0 Å². The van der Waals surface area contributed by atoms with Gasteiger partial charge in [-0.05, 0) is 54.8 Å². The van der Waals surface area contributed by atoms with Crippen LogP contribution in [0.2, 0.25) is 0 Å². The second-order valence-electron chi connectivity index (χ2n) is 7.82. The van der Waals surface area contributed by atoms with Crippen molar-refractivity contribution in [2.75, 3.05) is 41.7 Å². The van der Waals surface area contributed by atoms with Crippen molar-refractivity contribution in [1.29, 1.82) is 0 Å². The normalized spacial score (nSPS) is 18.6. The number of esters is 2. The number of fused-ring (bicyclic) bond motifs is 1. The first-order valence-electron chi connectivity index (χ1n) is 11.2. The molecule has 8 nitrogen and oxygen atoms in total. The maximum absolute atomic E-state index is 13.3. The minimum absolute atomic E-state index is 0.0313.